The van der Waals surface area contributed by atoms with Crippen LogP contribution < -0.4 is 0 Å². The summed E-state index contributed by atoms with van der Waals surface area (Å²) in [4.78, 5) is 45.4. The number of methoxy groups -OCH3 is 1. The summed E-state index contributed by atoms with van der Waals surface area (Å²) >= 11 is 0. The summed E-state index contributed by atoms with van der Waals surface area (Å²) in [6.07, 6.45) is -5.67. The van der Waals surface area contributed by atoms with Gasteiger partial charge < -0.3 is 28.4 Å². The monoisotopic (exact) mass is 362 g/mol. The molecular formula is C15H22O10. The number of hydrogen-bond donors (Lipinski definition) is 0. The number of rotatable bonds is 6. The summed E-state index contributed by atoms with van der Waals surface area (Å²) in [7, 11) is 1.29. The lowest BCUT2D eigenvalue weighted by molar-refractivity contribution is -0.302. The predicted octanol–water partition coefficient (Wildman–Crippen LogP) is -0.284. The highest BCUT2D eigenvalue weighted by molar-refractivity contribution is 5.68. The fourth-order valence-electron chi connectivity index (χ4n) is 2.38. The molecule has 1 heterocycles. The lowest BCUT2D eigenvalue weighted by Gasteiger charge is -2.43. The topological polar surface area (TPSA) is 124 Å². The van der Waals surface area contributed by atoms with E-state index in [1.807, 2.05) is 0 Å². The van der Waals surface area contributed by atoms with Gasteiger partial charge in [-0.15, -0.1) is 0 Å². The van der Waals surface area contributed by atoms with E-state index in [1.54, 1.807) is 0 Å². The third-order valence-electron chi connectivity index (χ3n) is 3.18. The van der Waals surface area contributed by atoms with Gasteiger partial charge in [0.2, 0.25) is 0 Å². The average Bonchev–Trinajstić information content (AvgIpc) is 2.48. The van der Waals surface area contributed by atoms with Gasteiger partial charge in [0.25, 0.3) is 0 Å². The first-order valence-electron chi connectivity index (χ1n) is 7.49. The third kappa shape index (κ3) is 6.31. The second-order valence-corrected chi connectivity index (χ2v) is 5.30. The standard InChI is InChI=1S/C15H22O10/c1-7(16)21-6-11-12(22-8(2)17)13(23-9(3)18)14(24-10(4)19)15(20-5)25-11/h11-15H,6H2,1-5H3/t11?,12-,13?,14?,15+/m1/s1. The molecule has 1 fully saturated rings. The first kappa shape index (κ1) is 20.8. The van der Waals surface area contributed by atoms with Crippen molar-refractivity contribution >= 4 is 23.9 Å². The van der Waals surface area contributed by atoms with Crippen molar-refractivity contribution in [3.05, 3.63) is 0 Å². The van der Waals surface area contributed by atoms with Gasteiger partial charge in [0.15, 0.2) is 24.6 Å². The van der Waals surface area contributed by atoms with Gasteiger partial charge in [0.1, 0.15) is 12.7 Å². The molecule has 0 aromatic rings. The second-order valence-electron chi connectivity index (χ2n) is 5.30. The van der Waals surface area contributed by atoms with Gasteiger partial charge in [-0.3, -0.25) is 19.2 Å². The zero-order chi connectivity index (χ0) is 19.1. The Hall–Kier alpha value is -2.20. The minimum Gasteiger partial charge on any atom is -0.463 e. The molecule has 0 spiro atoms. The van der Waals surface area contributed by atoms with E-state index >= 15 is 0 Å². The van der Waals surface area contributed by atoms with Crippen molar-refractivity contribution < 1.29 is 47.6 Å². The van der Waals surface area contributed by atoms with Gasteiger partial charge in [-0.1, -0.05) is 0 Å². The van der Waals surface area contributed by atoms with Crippen LogP contribution in [0.1, 0.15) is 27.7 Å². The van der Waals surface area contributed by atoms with Crippen molar-refractivity contribution in [1.29, 1.82) is 0 Å². The molecule has 0 amide bonds. The summed E-state index contributed by atoms with van der Waals surface area (Å²) in [5, 5.41) is 0. The maximum absolute atomic E-state index is 11.5. The minimum atomic E-state index is -1.20. The number of esters is 4. The molecule has 3 unspecified atom stereocenters. The van der Waals surface area contributed by atoms with E-state index in [4.69, 9.17) is 28.4 Å². The van der Waals surface area contributed by atoms with Crippen LogP contribution in [-0.2, 0) is 47.6 Å². The van der Waals surface area contributed by atoms with Gasteiger partial charge >= 0.3 is 23.9 Å². The van der Waals surface area contributed by atoms with Gasteiger partial charge in [0.05, 0.1) is 0 Å². The SMILES string of the molecule is CO[C@H]1OC(COC(C)=O)[C@@H](OC(C)=O)C(OC(C)=O)C1OC(C)=O. The van der Waals surface area contributed by atoms with Gasteiger partial charge in [-0.2, -0.15) is 0 Å². The van der Waals surface area contributed by atoms with Crippen molar-refractivity contribution in [3.63, 3.8) is 0 Å². The summed E-state index contributed by atoms with van der Waals surface area (Å²) < 4.78 is 31.1. The van der Waals surface area contributed by atoms with E-state index in [9.17, 15) is 19.2 Å². The van der Waals surface area contributed by atoms with Crippen molar-refractivity contribution in [2.45, 2.75) is 58.4 Å². The van der Waals surface area contributed by atoms with Crippen LogP contribution in [0, 0.1) is 0 Å². The molecule has 10 nitrogen and oxygen atoms in total. The minimum absolute atomic E-state index is 0.280. The maximum Gasteiger partial charge on any atom is 0.303 e. The Balaban J connectivity index is 3.18. The Labute approximate surface area is 144 Å². The Morgan fingerprint density at radius 2 is 1.24 bits per heavy atom. The second kappa shape index (κ2) is 9.33. The van der Waals surface area contributed by atoms with Crippen molar-refractivity contribution in [1.82, 2.24) is 0 Å². The normalized spacial score (nSPS) is 28.6. The highest BCUT2D eigenvalue weighted by atomic mass is 16.7. The number of ether oxygens (including phenoxy) is 6. The van der Waals surface area contributed by atoms with Gasteiger partial charge in [0, 0.05) is 34.8 Å². The Morgan fingerprint density at radius 1 is 0.760 bits per heavy atom. The molecule has 1 aliphatic rings. The highest BCUT2D eigenvalue weighted by Crippen LogP contribution is 2.29. The smallest absolute Gasteiger partial charge is 0.303 e. The van der Waals surface area contributed by atoms with Crippen LogP contribution in [0.4, 0.5) is 0 Å². The van der Waals surface area contributed by atoms with E-state index in [0.717, 1.165) is 20.8 Å². The summed E-state index contributed by atoms with van der Waals surface area (Å²) in [5.74, 6) is -2.63. The summed E-state index contributed by atoms with van der Waals surface area (Å²) in [6.45, 7) is 4.37. The molecule has 25 heavy (non-hydrogen) atoms. The van der Waals surface area contributed by atoms with E-state index in [2.05, 4.69) is 0 Å². The largest absolute Gasteiger partial charge is 0.463 e. The van der Waals surface area contributed by atoms with Crippen molar-refractivity contribution in [2.24, 2.45) is 0 Å². The zero-order valence-electron chi connectivity index (χ0n) is 14.7. The van der Waals surface area contributed by atoms with Gasteiger partial charge in [-0.25, -0.2) is 0 Å². The summed E-state index contributed by atoms with van der Waals surface area (Å²) in [6, 6.07) is 0. The maximum atomic E-state index is 11.5. The highest BCUT2D eigenvalue weighted by Gasteiger charge is 2.52. The van der Waals surface area contributed by atoms with E-state index < -0.39 is 54.6 Å². The van der Waals surface area contributed by atoms with Crippen LogP contribution in [0.25, 0.3) is 0 Å². The molecule has 0 saturated carbocycles. The van der Waals surface area contributed by atoms with Crippen molar-refractivity contribution in [2.75, 3.05) is 13.7 Å². The zero-order valence-corrected chi connectivity index (χ0v) is 14.7. The molecule has 1 aliphatic heterocycles. The van der Waals surface area contributed by atoms with Crippen LogP contribution >= 0.6 is 0 Å². The van der Waals surface area contributed by atoms with Crippen LogP contribution in [0.2, 0.25) is 0 Å². The average molecular weight is 362 g/mol. The van der Waals surface area contributed by atoms with Crippen LogP contribution in [0.15, 0.2) is 0 Å². The van der Waals surface area contributed by atoms with E-state index in [-0.39, 0.29) is 6.61 Å². The Bertz CT molecular complexity index is 516. The van der Waals surface area contributed by atoms with E-state index in [0.29, 0.717) is 0 Å². The van der Waals surface area contributed by atoms with Gasteiger partial charge in [-0.05, 0) is 0 Å². The number of carbonyl (C=O) groups is 4. The number of hydrogen-bond acceptors (Lipinski definition) is 10. The molecular weight excluding hydrogens is 340 g/mol. The molecule has 1 rings (SSSR count). The Kier molecular flexibility index (Phi) is 7.78. The number of carbonyl (C=O) groups excluding carboxylic acids is 4. The van der Waals surface area contributed by atoms with Crippen LogP contribution in [-0.4, -0.2) is 68.3 Å². The first-order valence-corrected chi connectivity index (χ1v) is 7.49. The molecule has 0 bridgehead atoms. The Morgan fingerprint density at radius 3 is 1.68 bits per heavy atom. The molecule has 0 aliphatic carbocycles. The van der Waals surface area contributed by atoms with Crippen molar-refractivity contribution in [3.8, 4) is 0 Å². The molecule has 5 atom stereocenters. The molecule has 142 valence electrons. The first-order chi connectivity index (χ1) is 11.6. The van der Waals surface area contributed by atoms with E-state index in [1.165, 1.54) is 14.0 Å². The summed E-state index contributed by atoms with van der Waals surface area (Å²) in [5.41, 5.74) is 0. The van der Waals surface area contributed by atoms with Crippen LogP contribution in [0.5, 0.6) is 0 Å². The van der Waals surface area contributed by atoms with Crippen LogP contribution in [0.3, 0.4) is 0 Å². The lowest BCUT2D eigenvalue weighted by Crippen LogP contribution is -2.62. The third-order valence-corrected chi connectivity index (χ3v) is 3.18. The molecule has 10 heteroatoms. The molecule has 0 radical (unpaired) electrons. The molecule has 0 aromatic carbocycles. The molecule has 0 aromatic heterocycles. The molecule has 0 N–H and O–H groups in total. The quantitative estimate of drug-likeness (QED) is 0.460. The predicted molar refractivity (Wildman–Crippen MR) is 79.0 cm³/mol. The lowest BCUT2D eigenvalue weighted by atomic mass is 9.98. The fourth-order valence-corrected chi connectivity index (χ4v) is 2.38. The molecule has 1 saturated heterocycles. The fraction of sp³-hybridized carbons (Fsp3) is 0.733.